The van der Waals surface area contributed by atoms with Crippen molar-refractivity contribution in [3.63, 3.8) is 0 Å². The van der Waals surface area contributed by atoms with E-state index in [1.54, 1.807) is 16.7 Å². The minimum atomic E-state index is -0.468. The van der Waals surface area contributed by atoms with E-state index in [2.05, 4.69) is 0 Å². The van der Waals surface area contributed by atoms with Gasteiger partial charge in [0.25, 0.3) is 5.91 Å². The normalized spacial score (nSPS) is 20.6. The molecule has 1 aromatic heterocycles. The van der Waals surface area contributed by atoms with Crippen LogP contribution < -0.4 is 5.43 Å². The Labute approximate surface area is 185 Å². The average molecular weight is 436 g/mol. The van der Waals surface area contributed by atoms with Gasteiger partial charge in [-0.15, -0.1) is 11.8 Å². The molecule has 1 fully saturated rings. The molecular formula is C25H25NO4S. The lowest BCUT2D eigenvalue weighted by Gasteiger charge is -2.27. The quantitative estimate of drug-likeness (QED) is 0.548. The topological polar surface area (TPSA) is 59.8 Å². The van der Waals surface area contributed by atoms with Crippen LogP contribution in [0.25, 0.3) is 11.0 Å². The second kappa shape index (κ2) is 7.84. The van der Waals surface area contributed by atoms with E-state index in [-0.39, 0.29) is 23.2 Å². The van der Waals surface area contributed by atoms with Crippen molar-refractivity contribution in [2.24, 2.45) is 0 Å². The number of thioether (sulfide) groups is 1. The molecule has 2 aliphatic rings. The van der Waals surface area contributed by atoms with Crippen molar-refractivity contribution in [3.8, 4) is 0 Å². The van der Waals surface area contributed by atoms with Crippen molar-refractivity contribution >= 4 is 28.6 Å². The van der Waals surface area contributed by atoms with E-state index in [9.17, 15) is 9.59 Å². The first-order valence-electron chi connectivity index (χ1n) is 10.6. The number of aryl methyl sites for hydroxylation is 2. The number of carbonyl (C=O) groups is 1. The number of ether oxygens (including phenoxy) is 1. The summed E-state index contributed by atoms with van der Waals surface area (Å²) in [6.07, 6.45) is 3.92. The molecule has 5 nitrogen and oxygen atoms in total. The van der Waals surface area contributed by atoms with Crippen molar-refractivity contribution in [2.45, 2.75) is 43.7 Å². The second-order valence-electron chi connectivity index (χ2n) is 8.37. The molecule has 0 bridgehead atoms. The van der Waals surface area contributed by atoms with E-state index in [4.69, 9.17) is 9.15 Å². The zero-order valence-electron chi connectivity index (χ0n) is 17.9. The molecule has 0 saturated carbocycles. The van der Waals surface area contributed by atoms with Crippen LogP contribution in [0.2, 0.25) is 0 Å². The van der Waals surface area contributed by atoms with Gasteiger partial charge in [0, 0.05) is 18.0 Å². The number of rotatable bonds is 4. The van der Waals surface area contributed by atoms with Crippen molar-refractivity contribution < 1.29 is 13.9 Å². The van der Waals surface area contributed by atoms with Gasteiger partial charge in [-0.3, -0.25) is 9.59 Å². The third-order valence-electron chi connectivity index (χ3n) is 6.44. The van der Waals surface area contributed by atoms with Crippen LogP contribution in [0, 0.1) is 13.8 Å². The van der Waals surface area contributed by atoms with Crippen LogP contribution >= 0.6 is 11.8 Å². The smallest absolute Gasteiger partial charge is 0.291 e. The lowest BCUT2D eigenvalue weighted by Crippen LogP contribution is -2.36. The third-order valence-corrected chi connectivity index (χ3v) is 7.18. The Bertz CT molecular complexity index is 1220. The Morgan fingerprint density at radius 3 is 2.52 bits per heavy atom. The van der Waals surface area contributed by atoms with Crippen molar-refractivity contribution in [1.29, 1.82) is 0 Å². The number of amides is 1. The summed E-state index contributed by atoms with van der Waals surface area (Å²) in [6, 6.07) is 11.3. The highest BCUT2D eigenvalue weighted by atomic mass is 32.2. The fourth-order valence-electron chi connectivity index (χ4n) is 4.60. The Morgan fingerprint density at radius 2 is 1.84 bits per heavy atom. The Hall–Kier alpha value is -2.57. The highest BCUT2D eigenvalue weighted by molar-refractivity contribution is 7.98. The van der Waals surface area contributed by atoms with Crippen LogP contribution in [0.3, 0.4) is 0 Å². The van der Waals surface area contributed by atoms with E-state index in [1.165, 1.54) is 0 Å². The molecular weight excluding hydrogens is 410 g/mol. The van der Waals surface area contributed by atoms with Crippen molar-refractivity contribution in [1.82, 2.24) is 4.90 Å². The number of carbonyl (C=O) groups excluding carboxylic acids is 1. The van der Waals surface area contributed by atoms with Crippen molar-refractivity contribution in [3.05, 3.63) is 74.6 Å². The molecule has 1 amide bonds. The predicted molar refractivity (Wildman–Crippen MR) is 122 cm³/mol. The first-order chi connectivity index (χ1) is 15.0. The van der Waals surface area contributed by atoms with Gasteiger partial charge in [-0.2, -0.15) is 0 Å². The molecule has 2 aromatic carbocycles. The van der Waals surface area contributed by atoms with E-state index in [0.717, 1.165) is 34.4 Å². The van der Waals surface area contributed by atoms with Gasteiger partial charge in [0.2, 0.25) is 5.76 Å². The van der Waals surface area contributed by atoms with Crippen LogP contribution in [0.5, 0.6) is 0 Å². The minimum Gasteiger partial charge on any atom is -0.450 e. The highest BCUT2D eigenvalue weighted by Gasteiger charge is 2.43. The largest absolute Gasteiger partial charge is 0.450 e. The number of nitrogens with zero attached hydrogens (tertiary/aromatic N) is 1. The molecule has 6 heteroatoms. The fourth-order valence-corrected chi connectivity index (χ4v) is 5.01. The first kappa shape index (κ1) is 20.3. The van der Waals surface area contributed by atoms with Gasteiger partial charge < -0.3 is 14.1 Å². The Balaban J connectivity index is 1.70. The maximum Gasteiger partial charge on any atom is 0.291 e. The summed E-state index contributed by atoms with van der Waals surface area (Å²) in [5.74, 6) is -0.0700. The molecule has 31 heavy (non-hydrogen) atoms. The van der Waals surface area contributed by atoms with Crippen LogP contribution in [0.15, 0.2) is 50.5 Å². The van der Waals surface area contributed by atoms with Gasteiger partial charge in [0.05, 0.1) is 23.1 Å². The number of fused-ring (bicyclic) bond motifs is 2. The molecule has 1 saturated heterocycles. The van der Waals surface area contributed by atoms with E-state index >= 15 is 0 Å². The summed E-state index contributed by atoms with van der Waals surface area (Å²) in [5, 5.41) is 0.527. The molecule has 0 radical (unpaired) electrons. The fraction of sp³-hybridized carbons (Fsp3) is 0.360. The van der Waals surface area contributed by atoms with Crippen LogP contribution in [-0.4, -0.2) is 36.3 Å². The molecule has 2 atom stereocenters. The molecule has 0 N–H and O–H groups in total. The average Bonchev–Trinajstić information content (AvgIpc) is 3.38. The molecule has 5 rings (SSSR count). The zero-order chi connectivity index (χ0) is 21.7. The van der Waals surface area contributed by atoms with Gasteiger partial charge >= 0.3 is 0 Å². The highest BCUT2D eigenvalue weighted by Crippen LogP contribution is 2.39. The lowest BCUT2D eigenvalue weighted by molar-refractivity contribution is 0.0486. The van der Waals surface area contributed by atoms with E-state index in [0.29, 0.717) is 29.7 Å². The summed E-state index contributed by atoms with van der Waals surface area (Å²) < 4.78 is 11.9. The number of hydrogen-bond acceptors (Lipinski definition) is 5. The maximum absolute atomic E-state index is 13.6. The lowest BCUT2D eigenvalue weighted by atomic mass is 9.97. The summed E-state index contributed by atoms with van der Waals surface area (Å²) in [7, 11) is 0. The molecule has 0 spiro atoms. The maximum atomic E-state index is 13.6. The van der Waals surface area contributed by atoms with E-state index in [1.807, 2.05) is 56.5 Å². The molecule has 0 aliphatic carbocycles. The van der Waals surface area contributed by atoms with Crippen LogP contribution in [-0.2, 0) is 4.74 Å². The van der Waals surface area contributed by atoms with Gasteiger partial charge in [-0.25, -0.2) is 0 Å². The Morgan fingerprint density at radius 1 is 1.10 bits per heavy atom. The molecule has 160 valence electrons. The van der Waals surface area contributed by atoms with Gasteiger partial charge in [0.15, 0.2) is 5.43 Å². The van der Waals surface area contributed by atoms with Crippen LogP contribution in [0.1, 0.15) is 51.7 Å². The van der Waals surface area contributed by atoms with Crippen LogP contribution in [0.4, 0.5) is 0 Å². The Kier molecular flexibility index (Phi) is 5.15. The van der Waals surface area contributed by atoms with E-state index < -0.39 is 6.04 Å². The number of hydrogen-bond donors (Lipinski definition) is 0. The van der Waals surface area contributed by atoms with Gasteiger partial charge in [0.1, 0.15) is 5.58 Å². The zero-order valence-corrected chi connectivity index (χ0v) is 18.8. The molecule has 2 aliphatic heterocycles. The SMILES string of the molecule is CSc1ccc([C@H]2c3c(oc4cc(C)c(C)cc4c3=O)C(=O)N2C[C@H]2CCCO2)cc1. The van der Waals surface area contributed by atoms with Gasteiger partial charge in [-0.05, 0) is 73.9 Å². The van der Waals surface area contributed by atoms with Crippen molar-refractivity contribution in [2.75, 3.05) is 19.4 Å². The summed E-state index contributed by atoms with van der Waals surface area (Å²) in [5.41, 5.74) is 3.76. The predicted octanol–water partition coefficient (Wildman–Crippen LogP) is 4.86. The summed E-state index contributed by atoms with van der Waals surface area (Å²) >= 11 is 1.66. The third kappa shape index (κ3) is 3.38. The standard InChI is InChI=1S/C25H25NO4S/c1-14-11-19-20(12-15(14)2)30-24-21(23(19)27)22(16-6-8-18(31-3)9-7-16)26(25(24)28)13-17-5-4-10-29-17/h6-9,11-12,17,22H,4-5,10,13H2,1-3H3/t17-,22+/m1/s1. The summed E-state index contributed by atoms with van der Waals surface area (Å²) in [6.45, 7) is 5.12. The minimum absolute atomic E-state index is 0.0137. The second-order valence-corrected chi connectivity index (χ2v) is 9.25. The number of benzene rings is 2. The molecule has 3 aromatic rings. The first-order valence-corrected chi connectivity index (χ1v) is 11.8. The molecule has 3 heterocycles. The van der Waals surface area contributed by atoms with Gasteiger partial charge in [-0.1, -0.05) is 12.1 Å². The molecule has 0 unspecified atom stereocenters. The summed E-state index contributed by atoms with van der Waals surface area (Å²) in [4.78, 5) is 30.0. The monoisotopic (exact) mass is 435 g/mol.